The van der Waals surface area contributed by atoms with E-state index in [0.29, 0.717) is 31.6 Å². The molecule has 1 amide bonds. The van der Waals surface area contributed by atoms with Gasteiger partial charge in [-0.05, 0) is 19.4 Å². The number of nitrogens with two attached hydrogens (primary N) is 1. The Morgan fingerprint density at radius 1 is 1.58 bits per heavy atom. The predicted octanol–water partition coefficient (Wildman–Crippen LogP) is 0.581. The van der Waals surface area contributed by atoms with Crippen LogP contribution < -0.4 is 5.73 Å². The second-order valence-corrected chi connectivity index (χ2v) is 5.54. The molecule has 0 radical (unpaired) electrons. The lowest BCUT2D eigenvalue weighted by Crippen LogP contribution is -2.42. The Labute approximate surface area is 115 Å². The summed E-state index contributed by atoms with van der Waals surface area (Å²) in [5.74, 6) is -1.47. The minimum absolute atomic E-state index is 0.175. The molecule has 1 aliphatic rings. The Bertz CT molecular complexity index is 475. The molecule has 19 heavy (non-hydrogen) atoms. The highest BCUT2D eigenvalue weighted by Gasteiger charge is 2.29. The molecule has 0 spiro atoms. The maximum atomic E-state index is 12.2. The van der Waals surface area contributed by atoms with Crippen molar-refractivity contribution in [3.8, 4) is 0 Å². The van der Waals surface area contributed by atoms with Gasteiger partial charge in [-0.25, -0.2) is 4.98 Å². The Hall–Kier alpha value is -1.47. The number of carbonyl (C=O) groups is 2. The lowest BCUT2D eigenvalue weighted by molar-refractivity contribution is -0.143. The summed E-state index contributed by atoms with van der Waals surface area (Å²) >= 11 is 1.42. The number of amides is 1. The highest BCUT2D eigenvalue weighted by atomic mass is 32.1. The topological polar surface area (TPSA) is 96.5 Å². The maximum Gasteiger partial charge on any atom is 0.308 e. The van der Waals surface area contributed by atoms with Crippen LogP contribution in [-0.2, 0) is 11.2 Å². The number of carboxylic acids is 1. The van der Waals surface area contributed by atoms with E-state index in [1.54, 1.807) is 10.3 Å². The lowest BCUT2D eigenvalue weighted by Gasteiger charge is -2.30. The third-order valence-corrected chi connectivity index (χ3v) is 4.10. The first-order chi connectivity index (χ1) is 9.11. The van der Waals surface area contributed by atoms with Crippen molar-refractivity contribution < 1.29 is 14.7 Å². The number of hydrogen-bond donors (Lipinski definition) is 2. The molecular formula is C12H17N3O3S. The summed E-state index contributed by atoms with van der Waals surface area (Å²) in [5.41, 5.74) is 5.85. The Morgan fingerprint density at radius 3 is 3.05 bits per heavy atom. The van der Waals surface area contributed by atoms with Gasteiger partial charge >= 0.3 is 5.97 Å². The van der Waals surface area contributed by atoms with E-state index in [1.165, 1.54) is 11.3 Å². The van der Waals surface area contributed by atoms with E-state index in [2.05, 4.69) is 4.98 Å². The summed E-state index contributed by atoms with van der Waals surface area (Å²) in [6, 6.07) is 0. The first kappa shape index (κ1) is 14.0. The molecule has 2 rings (SSSR count). The highest BCUT2D eigenvalue weighted by molar-refractivity contribution is 7.09. The molecule has 0 saturated carbocycles. The zero-order chi connectivity index (χ0) is 13.8. The van der Waals surface area contributed by atoms with Crippen molar-refractivity contribution in [2.75, 3.05) is 19.6 Å². The molecule has 7 heteroatoms. The molecule has 0 bridgehead atoms. The van der Waals surface area contributed by atoms with Gasteiger partial charge < -0.3 is 15.7 Å². The van der Waals surface area contributed by atoms with Crippen molar-refractivity contribution >= 4 is 23.2 Å². The summed E-state index contributed by atoms with van der Waals surface area (Å²) in [5, 5.41) is 11.6. The van der Waals surface area contributed by atoms with Crippen LogP contribution in [0, 0.1) is 5.92 Å². The van der Waals surface area contributed by atoms with Gasteiger partial charge in [0, 0.05) is 24.9 Å². The van der Waals surface area contributed by atoms with Crippen molar-refractivity contribution in [1.29, 1.82) is 0 Å². The summed E-state index contributed by atoms with van der Waals surface area (Å²) in [6.45, 7) is 1.39. The van der Waals surface area contributed by atoms with Gasteiger partial charge in [-0.2, -0.15) is 0 Å². The second kappa shape index (κ2) is 6.12. The van der Waals surface area contributed by atoms with E-state index in [1.807, 2.05) is 0 Å². The van der Waals surface area contributed by atoms with Gasteiger partial charge in [-0.15, -0.1) is 11.3 Å². The second-order valence-electron chi connectivity index (χ2n) is 4.59. The molecule has 3 N–H and O–H groups in total. The number of carbonyl (C=O) groups excluding carboxylic acids is 1. The monoisotopic (exact) mass is 283 g/mol. The van der Waals surface area contributed by atoms with Gasteiger partial charge in [-0.1, -0.05) is 0 Å². The van der Waals surface area contributed by atoms with Gasteiger partial charge in [0.05, 0.1) is 10.9 Å². The number of aliphatic carboxylic acids is 1. The average Bonchev–Trinajstić information content (AvgIpc) is 2.87. The van der Waals surface area contributed by atoms with E-state index in [9.17, 15) is 9.59 Å². The Kier molecular flexibility index (Phi) is 4.49. The van der Waals surface area contributed by atoms with Crippen LogP contribution in [0.3, 0.4) is 0 Å². The predicted molar refractivity (Wildman–Crippen MR) is 71.1 cm³/mol. The zero-order valence-corrected chi connectivity index (χ0v) is 11.4. The largest absolute Gasteiger partial charge is 0.481 e. The molecule has 2 heterocycles. The first-order valence-corrected chi connectivity index (χ1v) is 7.16. The Morgan fingerprint density at radius 2 is 2.37 bits per heavy atom. The number of aromatic nitrogens is 1. The summed E-state index contributed by atoms with van der Waals surface area (Å²) in [4.78, 5) is 29.0. The average molecular weight is 283 g/mol. The zero-order valence-electron chi connectivity index (χ0n) is 10.5. The van der Waals surface area contributed by atoms with Gasteiger partial charge in [0.15, 0.2) is 0 Å². The fraction of sp³-hybridized carbons (Fsp3) is 0.583. The number of hydrogen-bond acceptors (Lipinski definition) is 5. The van der Waals surface area contributed by atoms with Gasteiger partial charge in [0.1, 0.15) is 5.69 Å². The minimum Gasteiger partial charge on any atom is -0.481 e. The molecule has 1 aromatic heterocycles. The van der Waals surface area contributed by atoms with Crippen molar-refractivity contribution in [3.63, 3.8) is 0 Å². The third-order valence-electron chi connectivity index (χ3n) is 3.19. The number of carboxylic acid groups (broad SMARTS) is 1. The molecule has 1 saturated heterocycles. The van der Waals surface area contributed by atoms with E-state index in [4.69, 9.17) is 10.8 Å². The normalized spacial score (nSPS) is 19.4. The molecule has 6 nitrogen and oxygen atoms in total. The van der Waals surface area contributed by atoms with Crippen LogP contribution in [0.1, 0.15) is 28.3 Å². The number of piperidine rings is 1. The SMILES string of the molecule is NCCc1nc(C(=O)N2CCC[C@@H](C(=O)O)C2)cs1. The molecule has 1 atom stereocenters. The molecule has 0 aromatic carbocycles. The van der Waals surface area contributed by atoms with Gasteiger partial charge in [0.2, 0.25) is 0 Å². The quantitative estimate of drug-likeness (QED) is 0.842. The first-order valence-electron chi connectivity index (χ1n) is 6.28. The molecule has 1 aliphatic heterocycles. The summed E-state index contributed by atoms with van der Waals surface area (Å²) in [6.07, 6.45) is 2.02. The van der Waals surface area contributed by atoms with Crippen LogP contribution in [0.15, 0.2) is 5.38 Å². The number of rotatable bonds is 4. The molecule has 0 unspecified atom stereocenters. The van der Waals surface area contributed by atoms with Crippen molar-refractivity contribution in [1.82, 2.24) is 9.88 Å². The van der Waals surface area contributed by atoms with Crippen LogP contribution in [0.25, 0.3) is 0 Å². The van der Waals surface area contributed by atoms with E-state index >= 15 is 0 Å². The molecule has 1 fully saturated rings. The van der Waals surface area contributed by atoms with Crippen LogP contribution in [0.4, 0.5) is 0 Å². The maximum absolute atomic E-state index is 12.2. The van der Waals surface area contributed by atoms with Crippen LogP contribution in [0.2, 0.25) is 0 Å². The number of likely N-dealkylation sites (tertiary alicyclic amines) is 1. The number of thiazole rings is 1. The number of nitrogens with zero attached hydrogens (tertiary/aromatic N) is 2. The fourth-order valence-electron chi connectivity index (χ4n) is 2.17. The van der Waals surface area contributed by atoms with Crippen LogP contribution in [0.5, 0.6) is 0 Å². The van der Waals surface area contributed by atoms with E-state index in [-0.39, 0.29) is 12.5 Å². The van der Waals surface area contributed by atoms with E-state index < -0.39 is 11.9 Å². The summed E-state index contributed by atoms with van der Waals surface area (Å²) in [7, 11) is 0. The van der Waals surface area contributed by atoms with Crippen LogP contribution in [-0.4, -0.2) is 46.5 Å². The third kappa shape index (κ3) is 3.30. The molecular weight excluding hydrogens is 266 g/mol. The van der Waals surface area contributed by atoms with Gasteiger partial charge in [0.25, 0.3) is 5.91 Å². The van der Waals surface area contributed by atoms with Crippen LogP contribution >= 0.6 is 11.3 Å². The standard InChI is InChI=1S/C12H17N3O3S/c13-4-3-10-14-9(7-19-10)11(16)15-5-1-2-8(6-15)12(17)18/h7-8H,1-6,13H2,(H,17,18)/t8-/m1/s1. The van der Waals surface area contributed by atoms with E-state index in [0.717, 1.165) is 11.4 Å². The smallest absolute Gasteiger partial charge is 0.308 e. The van der Waals surface area contributed by atoms with Gasteiger partial charge in [-0.3, -0.25) is 9.59 Å². The fourth-order valence-corrected chi connectivity index (χ4v) is 2.96. The lowest BCUT2D eigenvalue weighted by atomic mass is 9.98. The minimum atomic E-state index is -0.834. The summed E-state index contributed by atoms with van der Waals surface area (Å²) < 4.78 is 0. The molecule has 0 aliphatic carbocycles. The molecule has 104 valence electrons. The van der Waals surface area contributed by atoms with Crippen molar-refractivity contribution in [2.24, 2.45) is 11.7 Å². The Balaban J connectivity index is 2.03. The molecule has 1 aromatic rings. The van der Waals surface area contributed by atoms with Crippen molar-refractivity contribution in [3.05, 3.63) is 16.1 Å². The van der Waals surface area contributed by atoms with Crippen molar-refractivity contribution in [2.45, 2.75) is 19.3 Å². The highest BCUT2D eigenvalue weighted by Crippen LogP contribution is 2.19.